The van der Waals surface area contributed by atoms with Crippen LogP contribution in [0.3, 0.4) is 0 Å². The Bertz CT molecular complexity index is 1390. The molecule has 0 N–H and O–H groups in total. The molecule has 2 heterocycles. The summed E-state index contributed by atoms with van der Waals surface area (Å²) < 4.78 is 11.6. The third kappa shape index (κ3) is 5.37. The Balaban J connectivity index is 1.39. The number of nitrogens with zero attached hydrogens (tertiary/aromatic N) is 3. The average molecular weight is 552 g/mol. The van der Waals surface area contributed by atoms with Crippen molar-refractivity contribution in [3.8, 4) is 17.6 Å². The molecule has 3 aromatic carbocycles. The highest BCUT2D eigenvalue weighted by Crippen LogP contribution is 2.45. The molecule has 0 unspecified atom stereocenters. The maximum atomic E-state index is 13.3. The summed E-state index contributed by atoms with van der Waals surface area (Å²) in [6, 6.07) is 23.2. The molecule has 3 aromatic rings. The highest BCUT2D eigenvalue weighted by atomic mass is 35.5. The number of nitriles is 1. The molecule has 188 valence electrons. The molecule has 0 spiro atoms. The lowest BCUT2D eigenvalue weighted by atomic mass is 9.86. The summed E-state index contributed by atoms with van der Waals surface area (Å²) in [5.74, 6) is 1.32. The van der Waals surface area contributed by atoms with Crippen LogP contribution in [0.15, 0.2) is 77.3 Å². The van der Waals surface area contributed by atoms with Crippen LogP contribution in [0.25, 0.3) is 0 Å². The van der Waals surface area contributed by atoms with Crippen molar-refractivity contribution in [3.63, 3.8) is 0 Å². The van der Waals surface area contributed by atoms with Crippen molar-refractivity contribution in [2.45, 2.75) is 18.9 Å². The Morgan fingerprint density at radius 3 is 2.51 bits per heavy atom. The quantitative estimate of drug-likeness (QED) is 0.335. The predicted octanol–water partition coefficient (Wildman–Crippen LogP) is 6.80. The van der Waals surface area contributed by atoms with E-state index >= 15 is 0 Å². The Hall–Kier alpha value is -3.31. The first-order valence-corrected chi connectivity index (χ1v) is 13.3. The van der Waals surface area contributed by atoms with Crippen LogP contribution in [0.1, 0.15) is 23.5 Å². The molecule has 0 saturated carbocycles. The number of hydrogen-bond donors (Lipinski definition) is 0. The molecular weight excluding hydrogens is 529 g/mol. The SMILES string of the molecule is COc1cc([C@H]2CC(=O)N3CN(c4cc(Cl)cc(Cl)c4)CSC3=C2C#N)ccc1OCc1ccccc1. The average Bonchev–Trinajstić information content (AvgIpc) is 2.91. The number of anilines is 1. The number of carbonyl (C=O) groups is 1. The maximum absolute atomic E-state index is 13.3. The van der Waals surface area contributed by atoms with Crippen LogP contribution >= 0.6 is 35.0 Å². The lowest BCUT2D eigenvalue weighted by molar-refractivity contribution is -0.129. The van der Waals surface area contributed by atoms with Gasteiger partial charge in [-0.15, -0.1) is 0 Å². The van der Waals surface area contributed by atoms with Gasteiger partial charge in [0.05, 0.1) is 36.3 Å². The summed E-state index contributed by atoms with van der Waals surface area (Å²) in [6.45, 7) is 0.733. The molecule has 2 aliphatic rings. The first kappa shape index (κ1) is 25.3. The van der Waals surface area contributed by atoms with E-state index in [0.29, 0.717) is 51.3 Å². The number of rotatable bonds is 6. The van der Waals surface area contributed by atoms with Crippen molar-refractivity contribution in [1.29, 1.82) is 5.26 Å². The topological polar surface area (TPSA) is 65.8 Å². The smallest absolute Gasteiger partial charge is 0.229 e. The fraction of sp³-hybridized carbons (Fsp3) is 0.214. The first-order chi connectivity index (χ1) is 18.0. The van der Waals surface area contributed by atoms with Gasteiger partial charge in [-0.05, 0) is 41.5 Å². The molecule has 0 bridgehead atoms. The van der Waals surface area contributed by atoms with Crippen molar-refractivity contribution < 1.29 is 14.3 Å². The maximum Gasteiger partial charge on any atom is 0.229 e. The summed E-state index contributed by atoms with van der Waals surface area (Å²) in [5, 5.41) is 11.9. The molecule has 37 heavy (non-hydrogen) atoms. The van der Waals surface area contributed by atoms with Crippen molar-refractivity contribution in [2.75, 3.05) is 24.6 Å². The number of methoxy groups -OCH3 is 1. The normalized spacial score (nSPS) is 17.4. The molecule has 6 nitrogen and oxygen atoms in total. The number of hydrogen-bond acceptors (Lipinski definition) is 6. The second-order valence-electron chi connectivity index (χ2n) is 8.68. The predicted molar refractivity (Wildman–Crippen MR) is 147 cm³/mol. The number of amides is 1. The van der Waals surface area contributed by atoms with E-state index in [-0.39, 0.29) is 18.2 Å². The van der Waals surface area contributed by atoms with Gasteiger partial charge in [-0.2, -0.15) is 5.26 Å². The number of carbonyl (C=O) groups excluding carboxylic acids is 1. The molecule has 1 atom stereocenters. The van der Waals surface area contributed by atoms with Crippen LogP contribution in [-0.2, 0) is 11.4 Å². The minimum absolute atomic E-state index is 0.0484. The van der Waals surface area contributed by atoms with Crippen molar-refractivity contribution in [1.82, 2.24) is 4.90 Å². The van der Waals surface area contributed by atoms with Crippen LogP contribution in [-0.4, -0.2) is 30.5 Å². The highest BCUT2D eigenvalue weighted by molar-refractivity contribution is 8.03. The summed E-state index contributed by atoms with van der Waals surface area (Å²) in [7, 11) is 1.58. The van der Waals surface area contributed by atoms with Gasteiger partial charge in [-0.25, -0.2) is 0 Å². The van der Waals surface area contributed by atoms with Gasteiger partial charge in [-0.3, -0.25) is 9.69 Å². The number of allylic oxidation sites excluding steroid dienone is 1. The van der Waals surface area contributed by atoms with Crippen LogP contribution in [0.2, 0.25) is 10.0 Å². The Morgan fingerprint density at radius 2 is 1.81 bits per heavy atom. The zero-order valence-corrected chi connectivity index (χ0v) is 22.3. The molecule has 0 aromatic heterocycles. The summed E-state index contributed by atoms with van der Waals surface area (Å²) >= 11 is 13.8. The van der Waals surface area contributed by atoms with E-state index in [4.69, 9.17) is 32.7 Å². The largest absolute Gasteiger partial charge is 0.493 e. The van der Waals surface area contributed by atoms with E-state index in [2.05, 4.69) is 6.07 Å². The van der Waals surface area contributed by atoms with Crippen molar-refractivity contribution in [2.24, 2.45) is 0 Å². The third-order valence-corrected chi connectivity index (χ3v) is 7.92. The molecule has 0 aliphatic carbocycles. The number of halogens is 2. The van der Waals surface area contributed by atoms with E-state index in [1.807, 2.05) is 65.6 Å². The third-order valence-electron chi connectivity index (χ3n) is 6.33. The summed E-state index contributed by atoms with van der Waals surface area (Å²) in [4.78, 5) is 17.0. The van der Waals surface area contributed by atoms with E-state index in [0.717, 1.165) is 16.8 Å². The van der Waals surface area contributed by atoms with Gasteiger partial charge in [-0.1, -0.05) is 71.4 Å². The van der Waals surface area contributed by atoms with Crippen LogP contribution in [0.4, 0.5) is 5.69 Å². The lowest BCUT2D eigenvalue weighted by Crippen LogP contribution is -2.47. The number of benzene rings is 3. The van der Waals surface area contributed by atoms with E-state index < -0.39 is 0 Å². The summed E-state index contributed by atoms with van der Waals surface area (Å²) in [5.41, 5.74) is 3.29. The summed E-state index contributed by atoms with van der Waals surface area (Å²) in [6.07, 6.45) is 0.185. The fourth-order valence-electron chi connectivity index (χ4n) is 4.49. The van der Waals surface area contributed by atoms with E-state index in [1.165, 1.54) is 11.8 Å². The van der Waals surface area contributed by atoms with Gasteiger partial charge in [0.25, 0.3) is 0 Å². The Morgan fingerprint density at radius 1 is 1.05 bits per heavy atom. The number of fused-ring (bicyclic) bond motifs is 1. The highest BCUT2D eigenvalue weighted by Gasteiger charge is 2.38. The minimum Gasteiger partial charge on any atom is -0.493 e. The molecule has 5 rings (SSSR count). The fourth-order valence-corrected chi connectivity index (χ4v) is 6.17. The van der Waals surface area contributed by atoms with E-state index in [9.17, 15) is 10.1 Å². The Kier molecular flexibility index (Phi) is 7.52. The van der Waals surface area contributed by atoms with E-state index in [1.54, 1.807) is 18.1 Å². The van der Waals surface area contributed by atoms with Crippen LogP contribution in [0, 0.1) is 11.3 Å². The van der Waals surface area contributed by atoms with Gasteiger partial charge < -0.3 is 14.4 Å². The van der Waals surface area contributed by atoms with Crippen LogP contribution in [0.5, 0.6) is 11.5 Å². The lowest BCUT2D eigenvalue weighted by Gasteiger charge is -2.42. The zero-order valence-electron chi connectivity index (χ0n) is 20.0. The second kappa shape index (κ2) is 11.0. The number of ether oxygens (including phenoxy) is 2. The molecule has 0 radical (unpaired) electrons. The molecule has 1 amide bonds. The van der Waals surface area contributed by atoms with Gasteiger partial charge >= 0.3 is 0 Å². The van der Waals surface area contributed by atoms with Gasteiger partial charge in [0.1, 0.15) is 6.61 Å². The minimum atomic E-state index is -0.361. The molecular formula is C28H23Cl2N3O3S. The number of thioether (sulfide) groups is 1. The van der Waals surface area contributed by atoms with Gasteiger partial charge in [0.2, 0.25) is 5.91 Å². The van der Waals surface area contributed by atoms with Gasteiger partial charge in [0.15, 0.2) is 11.5 Å². The van der Waals surface area contributed by atoms with Gasteiger partial charge in [0, 0.05) is 28.1 Å². The zero-order chi connectivity index (χ0) is 25.9. The van der Waals surface area contributed by atoms with Crippen molar-refractivity contribution in [3.05, 3.63) is 98.5 Å². The Labute approximate surface area is 230 Å². The monoisotopic (exact) mass is 551 g/mol. The standard InChI is InChI=1S/C28H23Cl2N3O3S/c1-35-26-9-19(7-8-25(26)36-15-18-5-3-2-4-6-18)23-13-27(34)33-16-32(17-37-28(33)24(23)14-31)22-11-20(29)10-21(30)12-22/h2-12,23H,13,15-17H2,1H3/t23-/m1/s1. The molecule has 2 aliphatic heterocycles. The van der Waals surface area contributed by atoms with Crippen LogP contribution < -0.4 is 14.4 Å². The second-order valence-corrected chi connectivity index (χ2v) is 10.5. The molecule has 1 saturated heterocycles. The first-order valence-electron chi connectivity index (χ1n) is 11.6. The molecule has 9 heteroatoms. The van der Waals surface area contributed by atoms with Crippen molar-refractivity contribution >= 4 is 46.6 Å². The molecule has 1 fully saturated rings.